The van der Waals surface area contributed by atoms with Gasteiger partial charge in [0.25, 0.3) is 5.69 Å². The summed E-state index contributed by atoms with van der Waals surface area (Å²) >= 11 is 0. The smallest absolute Gasteiger partial charge is 0.357 e. The lowest BCUT2D eigenvalue weighted by atomic mass is 10.2. The van der Waals surface area contributed by atoms with E-state index in [0.717, 1.165) is 5.52 Å². The SMILES string of the molecule is CCOC(=O)c1c(C)nc2n(N=Cc3ccccc3[N+](=O)[O-])c3ccccc3n12. The summed E-state index contributed by atoms with van der Waals surface area (Å²) in [6, 6.07) is 13.7. The van der Waals surface area contributed by atoms with Crippen LogP contribution in [0.3, 0.4) is 0 Å². The number of nitro groups is 1. The second kappa shape index (κ2) is 7.19. The van der Waals surface area contributed by atoms with E-state index < -0.39 is 10.9 Å². The summed E-state index contributed by atoms with van der Waals surface area (Å²) in [6.45, 7) is 3.72. The number of hydrogen-bond donors (Lipinski definition) is 0. The minimum atomic E-state index is -0.469. The molecule has 0 fully saturated rings. The molecular weight excluding hydrogens is 374 g/mol. The van der Waals surface area contributed by atoms with Crippen LogP contribution >= 0.6 is 0 Å². The average Bonchev–Trinajstić information content (AvgIpc) is 3.19. The fourth-order valence-electron chi connectivity index (χ4n) is 3.26. The molecule has 0 radical (unpaired) electrons. The van der Waals surface area contributed by atoms with Crippen molar-refractivity contribution in [3.8, 4) is 0 Å². The van der Waals surface area contributed by atoms with Gasteiger partial charge in [-0.3, -0.25) is 14.5 Å². The molecule has 0 bridgehead atoms. The van der Waals surface area contributed by atoms with E-state index in [2.05, 4.69) is 10.1 Å². The van der Waals surface area contributed by atoms with E-state index in [9.17, 15) is 14.9 Å². The van der Waals surface area contributed by atoms with E-state index in [-0.39, 0.29) is 12.3 Å². The molecule has 4 aromatic rings. The molecule has 0 atom stereocenters. The molecule has 0 aliphatic heterocycles. The van der Waals surface area contributed by atoms with Crippen LogP contribution in [-0.2, 0) is 4.74 Å². The van der Waals surface area contributed by atoms with Crippen molar-refractivity contribution in [2.45, 2.75) is 13.8 Å². The van der Waals surface area contributed by atoms with Crippen molar-refractivity contribution in [3.63, 3.8) is 0 Å². The number of rotatable bonds is 5. The van der Waals surface area contributed by atoms with Crippen LogP contribution in [-0.4, -0.2) is 37.8 Å². The Labute approximate surface area is 165 Å². The number of esters is 1. The summed E-state index contributed by atoms with van der Waals surface area (Å²) in [4.78, 5) is 27.8. The molecule has 0 unspecified atom stereocenters. The van der Waals surface area contributed by atoms with Crippen LogP contribution in [0.2, 0.25) is 0 Å². The van der Waals surface area contributed by atoms with Crippen LogP contribution in [0.1, 0.15) is 28.7 Å². The van der Waals surface area contributed by atoms with Crippen molar-refractivity contribution in [1.29, 1.82) is 0 Å². The minimum absolute atomic E-state index is 0.0459. The summed E-state index contributed by atoms with van der Waals surface area (Å²) < 4.78 is 8.43. The molecule has 29 heavy (non-hydrogen) atoms. The number of aryl methyl sites for hydroxylation is 1. The molecule has 0 amide bonds. The highest BCUT2D eigenvalue weighted by Crippen LogP contribution is 2.25. The zero-order valence-corrected chi connectivity index (χ0v) is 15.8. The first kappa shape index (κ1) is 18.4. The van der Waals surface area contributed by atoms with Crippen molar-refractivity contribution in [3.05, 3.63) is 75.6 Å². The zero-order valence-electron chi connectivity index (χ0n) is 15.8. The van der Waals surface area contributed by atoms with Gasteiger partial charge in [0.05, 0.1) is 40.0 Å². The number of fused-ring (bicyclic) bond motifs is 3. The third-order valence-electron chi connectivity index (χ3n) is 4.49. The Morgan fingerprint density at radius 3 is 2.62 bits per heavy atom. The number of carbonyl (C=O) groups is 1. The quantitative estimate of drug-likeness (QED) is 0.224. The molecule has 0 aliphatic rings. The van der Waals surface area contributed by atoms with Gasteiger partial charge in [-0.15, -0.1) is 0 Å². The Morgan fingerprint density at radius 2 is 1.90 bits per heavy atom. The number of nitrogens with zero attached hydrogens (tertiary/aromatic N) is 5. The molecular formula is C20H17N5O4. The molecule has 9 nitrogen and oxygen atoms in total. The van der Waals surface area contributed by atoms with Crippen molar-refractivity contribution in [2.75, 3.05) is 6.61 Å². The Hall–Kier alpha value is -4.01. The Bertz CT molecular complexity index is 1290. The van der Waals surface area contributed by atoms with E-state index >= 15 is 0 Å². The highest BCUT2D eigenvalue weighted by molar-refractivity contribution is 5.94. The molecule has 2 aromatic carbocycles. The summed E-state index contributed by atoms with van der Waals surface area (Å²) in [6.07, 6.45) is 1.42. The van der Waals surface area contributed by atoms with E-state index in [1.807, 2.05) is 24.3 Å². The minimum Gasteiger partial charge on any atom is -0.461 e. The Balaban J connectivity index is 1.95. The highest BCUT2D eigenvalue weighted by atomic mass is 16.6. The molecule has 0 aliphatic carbocycles. The maximum absolute atomic E-state index is 12.5. The van der Waals surface area contributed by atoms with Crippen LogP contribution in [0.15, 0.2) is 53.6 Å². The number of carbonyl (C=O) groups excluding carboxylic acids is 1. The maximum atomic E-state index is 12.5. The predicted molar refractivity (Wildman–Crippen MR) is 107 cm³/mol. The normalized spacial score (nSPS) is 11.5. The van der Waals surface area contributed by atoms with Gasteiger partial charge in [0.15, 0.2) is 5.69 Å². The van der Waals surface area contributed by atoms with Crippen molar-refractivity contribution in [2.24, 2.45) is 5.10 Å². The number of nitro benzene ring substituents is 1. The van der Waals surface area contributed by atoms with Crippen molar-refractivity contribution in [1.82, 2.24) is 14.1 Å². The van der Waals surface area contributed by atoms with E-state index in [4.69, 9.17) is 4.74 Å². The van der Waals surface area contributed by atoms with Gasteiger partial charge in [0.2, 0.25) is 5.78 Å². The molecule has 0 spiro atoms. The van der Waals surface area contributed by atoms with Crippen LogP contribution in [0.4, 0.5) is 5.69 Å². The van der Waals surface area contributed by atoms with Crippen LogP contribution < -0.4 is 0 Å². The number of benzene rings is 2. The van der Waals surface area contributed by atoms with E-state index in [0.29, 0.717) is 28.2 Å². The molecule has 4 rings (SSSR count). The first-order valence-corrected chi connectivity index (χ1v) is 8.96. The maximum Gasteiger partial charge on any atom is 0.357 e. The van der Waals surface area contributed by atoms with Crippen molar-refractivity contribution < 1.29 is 14.5 Å². The monoisotopic (exact) mass is 391 g/mol. The van der Waals surface area contributed by atoms with Gasteiger partial charge in [-0.2, -0.15) is 9.78 Å². The van der Waals surface area contributed by atoms with Gasteiger partial charge < -0.3 is 4.74 Å². The van der Waals surface area contributed by atoms with Gasteiger partial charge in [0.1, 0.15) is 0 Å². The molecule has 2 heterocycles. The standard InChI is InChI=1S/C20H17N5O4/c1-3-29-19(26)18-13(2)22-20-23(18)16-10-6-7-11-17(16)24(20)21-12-14-8-4-5-9-15(14)25(27)28/h4-12H,3H2,1-2H3. The highest BCUT2D eigenvalue weighted by Gasteiger charge is 2.23. The molecule has 2 aromatic heterocycles. The lowest BCUT2D eigenvalue weighted by Gasteiger charge is -2.01. The fraction of sp³-hybridized carbons (Fsp3) is 0.150. The van der Waals surface area contributed by atoms with Crippen LogP contribution in [0.25, 0.3) is 16.8 Å². The van der Waals surface area contributed by atoms with E-state index in [1.165, 1.54) is 12.3 Å². The summed E-state index contributed by atoms with van der Waals surface area (Å²) in [7, 11) is 0. The van der Waals surface area contributed by atoms with E-state index in [1.54, 1.807) is 41.1 Å². The largest absolute Gasteiger partial charge is 0.461 e. The second-order valence-electron chi connectivity index (χ2n) is 6.26. The number of para-hydroxylation sites is 3. The number of hydrogen-bond acceptors (Lipinski definition) is 6. The molecule has 0 N–H and O–H groups in total. The molecule has 146 valence electrons. The van der Waals surface area contributed by atoms with Gasteiger partial charge >= 0.3 is 5.97 Å². The molecule has 9 heteroatoms. The lowest BCUT2D eigenvalue weighted by Crippen LogP contribution is -2.09. The van der Waals surface area contributed by atoms with Crippen LogP contribution in [0, 0.1) is 17.0 Å². The molecule has 0 saturated carbocycles. The van der Waals surface area contributed by atoms with Crippen LogP contribution in [0.5, 0.6) is 0 Å². The molecule has 0 saturated heterocycles. The van der Waals surface area contributed by atoms with Gasteiger partial charge in [-0.25, -0.2) is 9.78 Å². The zero-order chi connectivity index (χ0) is 20.5. The topological polar surface area (TPSA) is 104 Å². The number of ether oxygens (including phenoxy) is 1. The van der Waals surface area contributed by atoms with Gasteiger partial charge in [-0.1, -0.05) is 24.3 Å². The Kier molecular flexibility index (Phi) is 4.55. The fourth-order valence-corrected chi connectivity index (χ4v) is 3.26. The number of aromatic nitrogens is 3. The average molecular weight is 391 g/mol. The third-order valence-corrected chi connectivity index (χ3v) is 4.49. The predicted octanol–water partition coefficient (Wildman–Crippen LogP) is 3.56. The summed E-state index contributed by atoms with van der Waals surface area (Å²) in [5, 5.41) is 15.7. The Morgan fingerprint density at radius 1 is 1.21 bits per heavy atom. The summed E-state index contributed by atoms with van der Waals surface area (Å²) in [5.41, 5.74) is 2.59. The van der Waals surface area contributed by atoms with Gasteiger partial charge in [-0.05, 0) is 32.0 Å². The van der Waals surface area contributed by atoms with Crippen molar-refractivity contribution >= 4 is 34.7 Å². The first-order valence-electron chi connectivity index (χ1n) is 8.96. The summed E-state index contributed by atoms with van der Waals surface area (Å²) in [5.74, 6) is -0.0512. The third kappa shape index (κ3) is 3.02. The lowest BCUT2D eigenvalue weighted by molar-refractivity contribution is -0.385. The van der Waals surface area contributed by atoms with Gasteiger partial charge in [0, 0.05) is 6.07 Å². The second-order valence-corrected chi connectivity index (χ2v) is 6.26. The first-order chi connectivity index (χ1) is 14.0. The number of imidazole rings is 2.